The molecule has 0 bridgehead atoms. The molecular weight excluding hydrogens is 348 g/mol. The number of carboxylic acids is 1. The van der Waals surface area contributed by atoms with Crippen LogP contribution >= 0.6 is 0 Å². The summed E-state index contributed by atoms with van der Waals surface area (Å²) in [5.41, 5.74) is 0. The van der Waals surface area contributed by atoms with E-state index in [1.54, 1.807) is 0 Å². The van der Waals surface area contributed by atoms with Crippen molar-refractivity contribution in [2.45, 2.75) is 31.3 Å². The van der Waals surface area contributed by atoms with Crippen LogP contribution in [0.4, 0.5) is 0 Å². The standard InChI is InChI=1S/C16H22N2O6S/c1-10-8-12(10)9-17-15(19)11-4-6-18(7-5-11)25(22,23)14-3-2-13(24-14)16(20)21/h2-3,10-12H,4-9H2,1H3,(H,17,19)(H,20,21). The van der Waals surface area contributed by atoms with Crippen LogP contribution in [0.3, 0.4) is 0 Å². The van der Waals surface area contributed by atoms with E-state index in [-0.39, 0.29) is 30.0 Å². The Labute approximate surface area is 146 Å². The fourth-order valence-corrected chi connectivity index (χ4v) is 4.50. The van der Waals surface area contributed by atoms with E-state index in [2.05, 4.69) is 12.2 Å². The zero-order chi connectivity index (χ0) is 18.2. The van der Waals surface area contributed by atoms with Gasteiger partial charge in [-0.1, -0.05) is 6.92 Å². The predicted molar refractivity (Wildman–Crippen MR) is 87.4 cm³/mol. The number of hydrogen-bond donors (Lipinski definition) is 2. The number of nitrogens with zero attached hydrogens (tertiary/aromatic N) is 1. The number of aromatic carboxylic acids is 1. The Balaban J connectivity index is 1.55. The van der Waals surface area contributed by atoms with E-state index in [0.717, 1.165) is 18.6 Å². The molecule has 1 aromatic rings. The average Bonchev–Trinajstić information content (AvgIpc) is 3.08. The molecule has 2 aliphatic rings. The van der Waals surface area contributed by atoms with E-state index < -0.39 is 21.8 Å². The minimum atomic E-state index is -3.88. The Morgan fingerprint density at radius 1 is 1.32 bits per heavy atom. The molecule has 3 rings (SSSR count). The molecule has 1 aliphatic carbocycles. The van der Waals surface area contributed by atoms with Crippen molar-refractivity contribution in [3.05, 3.63) is 17.9 Å². The number of hydrogen-bond acceptors (Lipinski definition) is 5. The van der Waals surface area contributed by atoms with Gasteiger partial charge in [0.05, 0.1) is 0 Å². The van der Waals surface area contributed by atoms with Crippen LogP contribution in [0.5, 0.6) is 0 Å². The van der Waals surface area contributed by atoms with E-state index in [1.165, 1.54) is 4.31 Å². The Hall–Kier alpha value is -1.87. The zero-order valence-electron chi connectivity index (χ0n) is 14.0. The van der Waals surface area contributed by atoms with Crippen molar-refractivity contribution in [2.24, 2.45) is 17.8 Å². The number of piperidine rings is 1. The second kappa shape index (κ2) is 6.80. The van der Waals surface area contributed by atoms with Gasteiger partial charge in [-0.3, -0.25) is 4.79 Å². The first kappa shape index (κ1) is 17.9. The summed E-state index contributed by atoms with van der Waals surface area (Å²) < 4.78 is 31.1. The smallest absolute Gasteiger partial charge is 0.371 e. The quantitative estimate of drug-likeness (QED) is 0.776. The summed E-state index contributed by atoms with van der Waals surface area (Å²) in [5, 5.41) is 11.4. The van der Waals surface area contributed by atoms with Gasteiger partial charge in [-0.25, -0.2) is 13.2 Å². The number of rotatable bonds is 6. The Bertz CT molecular complexity index is 763. The number of carbonyl (C=O) groups excluding carboxylic acids is 1. The molecule has 25 heavy (non-hydrogen) atoms. The van der Waals surface area contributed by atoms with Gasteiger partial charge < -0.3 is 14.8 Å². The summed E-state index contributed by atoms with van der Waals surface area (Å²) in [7, 11) is -3.88. The molecule has 1 saturated heterocycles. The van der Waals surface area contributed by atoms with Crippen molar-refractivity contribution in [3.63, 3.8) is 0 Å². The molecule has 8 nitrogen and oxygen atoms in total. The molecule has 2 fully saturated rings. The molecule has 9 heteroatoms. The van der Waals surface area contributed by atoms with Gasteiger partial charge in [-0.2, -0.15) is 4.31 Å². The SMILES string of the molecule is CC1CC1CNC(=O)C1CCN(S(=O)(=O)c2ccc(C(=O)O)o2)CC1. The second-order valence-electron chi connectivity index (χ2n) is 6.82. The van der Waals surface area contributed by atoms with Gasteiger partial charge in [0, 0.05) is 25.6 Å². The van der Waals surface area contributed by atoms with Crippen molar-refractivity contribution in [1.82, 2.24) is 9.62 Å². The van der Waals surface area contributed by atoms with E-state index in [9.17, 15) is 18.0 Å². The minimum absolute atomic E-state index is 0.0117. The van der Waals surface area contributed by atoms with Crippen molar-refractivity contribution >= 4 is 21.9 Å². The lowest BCUT2D eigenvalue weighted by molar-refractivity contribution is -0.126. The van der Waals surface area contributed by atoms with Crippen molar-refractivity contribution in [2.75, 3.05) is 19.6 Å². The monoisotopic (exact) mass is 370 g/mol. The fourth-order valence-electron chi connectivity index (χ4n) is 3.12. The van der Waals surface area contributed by atoms with Crippen LogP contribution in [0.2, 0.25) is 0 Å². The Morgan fingerprint density at radius 2 is 1.96 bits per heavy atom. The number of carbonyl (C=O) groups is 2. The number of carboxylic acid groups (broad SMARTS) is 1. The maximum absolute atomic E-state index is 12.5. The average molecular weight is 370 g/mol. The highest BCUT2D eigenvalue weighted by molar-refractivity contribution is 7.89. The molecule has 1 amide bonds. The summed E-state index contributed by atoms with van der Waals surface area (Å²) in [6.07, 6.45) is 2.04. The highest BCUT2D eigenvalue weighted by atomic mass is 32.2. The highest BCUT2D eigenvalue weighted by Crippen LogP contribution is 2.36. The number of amides is 1. The van der Waals surface area contributed by atoms with Gasteiger partial charge in [-0.05, 0) is 43.2 Å². The molecule has 2 heterocycles. The lowest BCUT2D eigenvalue weighted by atomic mass is 9.97. The molecule has 2 N–H and O–H groups in total. The Kier molecular flexibility index (Phi) is 4.88. The molecule has 2 unspecified atom stereocenters. The topological polar surface area (TPSA) is 117 Å². The van der Waals surface area contributed by atoms with Crippen LogP contribution in [-0.2, 0) is 14.8 Å². The summed E-state index contributed by atoms with van der Waals surface area (Å²) in [4.78, 5) is 23.0. The molecule has 1 aromatic heterocycles. The van der Waals surface area contributed by atoms with Crippen molar-refractivity contribution in [1.29, 1.82) is 0 Å². The molecule has 0 radical (unpaired) electrons. The van der Waals surface area contributed by atoms with Gasteiger partial charge >= 0.3 is 5.97 Å². The van der Waals surface area contributed by atoms with Gasteiger partial charge in [0.15, 0.2) is 0 Å². The first-order valence-corrected chi connectivity index (χ1v) is 9.84. The minimum Gasteiger partial charge on any atom is -0.475 e. The van der Waals surface area contributed by atoms with Gasteiger partial charge in [0.1, 0.15) is 0 Å². The van der Waals surface area contributed by atoms with Gasteiger partial charge in [0.2, 0.25) is 16.8 Å². The Morgan fingerprint density at radius 3 is 2.48 bits per heavy atom. The van der Waals surface area contributed by atoms with E-state index in [1.807, 2.05) is 0 Å². The number of furan rings is 1. The molecule has 0 aromatic carbocycles. The van der Waals surface area contributed by atoms with Crippen LogP contribution in [-0.4, -0.2) is 49.3 Å². The molecule has 0 spiro atoms. The lowest BCUT2D eigenvalue weighted by Gasteiger charge is -2.29. The molecule has 2 atom stereocenters. The summed E-state index contributed by atoms with van der Waals surface area (Å²) >= 11 is 0. The maximum Gasteiger partial charge on any atom is 0.371 e. The highest BCUT2D eigenvalue weighted by Gasteiger charge is 2.36. The normalized spacial score (nSPS) is 24.8. The number of nitrogens with one attached hydrogen (secondary N) is 1. The lowest BCUT2D eigenvalue weighted by Crippen LogP contribution is -2.43. The van der Waals surface area contributed by atoms with Crippen molar-refractivity contribution < 1.29 is 27.5 Å². The van der Waals surface area contributed by atoms with Crippen LogP contribution < -0.4 is 5.32 Å². The maximum atomic E-state index is 12.5. The van der Waals surface area contributed by atoms with Crippen LogP contribution in [0, 0.1) is 17.8 Å². The third-order valence-electron chi connectivity index (χ3n) is 5.03. The predicted octanol–water partition coefficient (Wildman–Crippen LogP) is 1.15. The van der Waals surface area contributed by atoms with Crippen LogP contribution in [0.25, 0.3) is 0 Å². The molecule has 138 valence electrons. The van der Waals surface area contributed by atoms with Crippen LogP contribution in [0.1, 0.15) is 36.7 Å². The van der Waals surface area contributed by atoms with E-state index in [0.29, 0.717) is 31.2 Å². The third-order valence-corrected chi connectivity index (χ3v) is 6.80. The van der Waals surface area contributed by atoms with Crippen molar-refractivity contribution in [3.8, 4) is 0 Å². The first-order chi connectivity index (χ1) is 11.8. The van der Waals surface area contributed by atoms with Crippen LogP contribution in [0.15, 0.2) is 21.6 Å². The second-order valence-corrected chi connectivity index (χ2v) is 8.69. The third kappa shape index (κ3) is 3.87. The summed E-state index contributed by atoms with van der Waals surface area (Å²) in [6.45, 7) is 3.28. The molecule has 1 saturated carbocycles. The number of sulfonamides is 1. The van der Waals surface area contributed by atoms with E-state index >= 15 is 0 Å². The zero-order valence-corrected chi connectivity index (χ0v) is 14.8. The summed E-state index contributed by atoms with van der Waals surface area (Å²) in [5.74, 6) is -0.680. The van der Waals surface area contributed by atoms with Gasteiger partial charge in [-0.15, -0.1) is 0 Å². The molecule has 1 aliphatic heterocycles. The fraction of sp³-hybridized carbons (Fsp3) is 0.625. The van der Waals surface area contributed by atoms with E-state index in [4.69, 9.17) is 9.52 Å². The largest absolute Gasteiger partial charge is 0.475 e. The first-order valence-electron chi connectivity index (χ1n) is 8.40. The summed E-state index contributed by atoms with van der Waals surface area (Å²) in [6, 6.07) is 2.27. The van der Waals surface area contributed by atoms with Gasteiger partial charge in [0.25, 0.3) is 10.0 Å². The molecular formula is C16H22N2O6S.